The van der Waals surface area contributed by atoms with Crippen molar-refractivity contribution in [3.05, 3.63) is 24.3 Å². The maximum Gasteiger partial charge on any atom is 0.306 e. The molecule has 0 aliphatic rings. The lowest BCUT2D eigenvalue weighted by Gasteiger charge is -2.15. The van der Waals surface area contributed by atoms with Crippen LogP contribution in [-0.2, 0) is 19.1 Å². The molecule has 0 aromatic rings. The molecule has 0 spiro atoms. The van der Waals surface area contributed by atoms with Crippen LogP contribution in [0.4, 0.5) is 0 Å². The van der Waals surface area contributed by atoms with Crippen molar-refractivity contribution in [2.75, 3.05) is 12.5 Å². The number of ether oxygens (including phenoxy) is 2. The van der Waals surface area contributed by atoms with Gasteiger partial charge in [0.05, 0.1) is 5.88 Å². The van der Waals surface area contributed by atoms with Crippen molar-refractivity contribution in [2.24, 2.45) is 0 Å². The fourth-order valence-electron chi connectivity index (χ4n) is 5.29. The molecule has 0 aromatic heterocycles. The van der Waals surface area contributed by atoms with Crippen LogP contribution < -0.4 is 0 Å². The second-order valence-corrected chi connectivity index (χ2v) is 12.9. The Hall–Kier alpha value is -1.29. The van der Waals surface area contributed by atoms with Gasteiger partial charge in [-0.1, -0.05) is 141 Å². The first kappa shape index (κ1) is 42.7. The van der Waals surface area contributed by atoms with E-state index in [9.17, 15) is 9.59 Å². The first-order valence-electron chi connectivity index (χ1n) is 18.8. The summed E-state index contributed by atoms with van der Waals surface area (Å²) in [6, 6.07) is 0. The minimum absolute atomic E-state index is 0.0471. The molecule has 0 aliphatic carbocycles. The molecule has 44 heavy (non-hydrogen) atoms. The maximum atomic E-state index is 12.2. The summed E-state index contributed by atoms with van der Waals surface area (Å²) < 4.78 is 10.8. The third-order valence-corrected chi connectivity index (χ3v) is 8.53. The van der Waals surface area contributed by atoms with Crippen LogP contribution in [0.1, 0.15) is 194 Å². The van der Waals surface area contributed by atoms with Gasteiger partial charge in [0.15, 0.2) is 0 Å². The molecule has 258 valence electrons. The zero-order valence-electron chi connectivity index (χ0n) is 29.1. The normalized spacial score (nSPS) is 12.3. The summed E-state index contributed by atoms with van der Waals surface area (Å²) in [5, 5.41) is 0. The molecule has 0 unspecified atom stereocenters. The van der Waals surface area contributed by atoms with E-state index in [4.69, 9.17) is 21.1 Å². The zero-order chi connectivity index (χ0) is 32.2. The minimum Gasteiger partial charge on any atom is -0.462 e. The van der Waals surface area contributed by atoms with Gasteiger partial charge < -0.3 is 9.47 Å². The molecule has 0 saturated carbocycles. The summed E-state index contributed by atoms with van der Waals surface area (Å²) >= 11 is 5.96. The lowest BCUT2D eigenvalue weighted by molar-refractivity contribution is -0.157. The summed E-state index contributed by atoms with van der Waals surface area (Å²) in [6.07, 6.45) is 41.5. The number of alkyl halides is 1. The molecule has 1 atom stereocenters. The molecule has 5 heteroatoms. The molecule has 0 heterocycles. The van der Waals surface area contributed by atoms with Crippen molar-refractivity contribution in [3.63, 3.8) is 0 Å². The van der Waals surface area contributed by atoms with Crippen LogP contribution in [0.2, 0.25) is 0 Å². The summed E-state index contributed by atoms with van der Waals surface area (Å²) in [6.45, 7) is 4.57. The Morgan fingerprint density at radius 2 is 0.841 bits per heavy atom. The van der Waals surface area contributed by atoms with E-state index in [1.165, 1.54) is 116 Å². The molecule has 0 aromatic carbocycles. The van der Waals surface area contributed by atoms with Crippen LogP contribution in [0.5, 0.6) is 0 Å². The molecule has 0 rings (SSSR count). The summed E-state index contributed by atoms with van der Waals surface area (Å²) in [4.78, 5) is 24.3. The maximum absolute atomic E-state index is 12.2. The van der Waals surface area contributed by atoms with Crippen molar-refractivity contribution in [1.29, 1.82) is 0 Å². The third-order valence-electron chi connectivity index (χ3n) is 8.19. The van der Waals surface area contributed by atoms with Gasteiger partial charge in [-0.3, -0.25) is 9.59 Å². The molecule has 0 aliphatic heterocycles. The first-order chi connectivity index (χ1) is 21.6. The Kier molecular flexibility index (Phi) is 35.1. The second-order valence-electron chi connectivity index (χ2n) is 12.6. The van der Waals surface area contributed by atoms with Gasteiger partial charge >= 0.3 is 11.9 Å². The van der Waals surface area contributed by atoms with Gasteiger partial charge in [-0.25, -0.2) is 0 Å². The van der Waals surface area contributed by atoms with Gasteiger partial charge in [-0.05, 0) is 64.2 Å². The SMILES string of the molecule is CCCCCCCC/C=C\CCCCCCCC(=O)OC[C@H](CCl)OC(=O)CCCCCCC/C=C\CCCCCCCC. The molecular formula is C39H71ClO4. The smallest absolute Gasteiger partial charge is 0.306 e. The summed E-state index contributed by atoms with van der Waals surface area (Å²) in [5.41, 5.74) is 0. The fraction of sp³-hybridized carbons (Fsp3) is 0.846. The number of rotatable bonds is 34. The van der Waals surface area contributed by atoms with Gasteiger partial charge in [-0.2, -0.15) is 0 Å². The highest BCUT2D eigenvalue weighted by Gasteiger charge is 2.16. The van der Waals surface area contributed by atoms with Crippen molar-refractivity contribution in [2.45, 2.75) is 200 Å². The number of hydrogen-bond acceptors (Lipinski definition) is 4. The standard InChI is InChI=1S/C39H71ClO4/c1-3-5-7-9-11-13-15-17-19-21-23-25-27-29-31-33-38(41)43-36-37(35-40)44-39(42)34-32-30-28-26-24-22-20-18-16-14-12-10-8-6-4-2/h17-20,37H,3-16,21-36H2,1-2H3/b19-17-,20-18-/t37-/m0/s1. The molecule has 0 saturated heterocycles. The van der Waals surface area contributed by atoms with E-state index in [-0.39, 0.29) is 24.4 Å². The van der Waals surface area contributed by atoms with Crippen molar-refractivity contribution in [3.8, 4) is 0 Å². The number of carbonyl (C=O) groups excluding carboxylic acids is 2. The molecule has 0 N–H and O–H groups in total. The predicted octanol–water partition coefficient (Wildman–Crippen LogP) is 12.8. The monoisotopic (exact) mass is 639 g/mol. The highest BCUT2D eigenvalue weighted by atomic mass is 35.5. The molecule has 0 fully saturated rings. The van der Waals surface area contributed by atoms with E-state index in [1.807, 2.05) is 0 Å². The quantitative estimate of drug-likeness (QED) is 0.0304. The molecule has 0 bridgehead atoms. The van der Waals surface area contributed by atoms with Crippen molar-refractivity contribution >= 4 is 23.5 Å². The topological polar surface area (TPSA) is 52.6 Å². The average molecular weight is 639 g/mol. The van der Waals surface area contributed by atoms with Crippen LogP contribution in [0, 0.1) is 0 Å². The van der Waals surface area contributed by atoms with Crippen molar-refractivity contribution < 1.29 is 19.1 Å². The first-order valence-corrected chi connectivity index (χ1v) is 19.4. The fourth-order valence-corrected chi connectivity index (χ4v) is 5.45. The largest absolute Gasteiger partial charge is 0.462 e. The van der Waals surface area contributed by atoms with E-state index in [0.29, 0.717) is 12.8 Å². The van der Waals surface area contributed by atoms with E-state index in [1.54, 1.807) is 0 Å². The molecule has 0 amide bonds. The molecule has 4 nitrogen and oxygen atoms in total. The number of unbranched alkanes of at least 4 members (excludes halogenated alkanes) is 22. The Labute approximate surface area is 278 Å². The zero-order valence-corrected chi connectivity index (χ0v) is 29.9. The molecular weight excluding hydrogens is 568 g/mol. The van der Waals surface area contributed by atoms with Crippen LogP contribution in [0.3, 0.4) is 0 Å². The van der Waals surface area contributed by atoms with Gasteiger partial charge in [0.1, 0.15) is 12.7 Å². The number of esters is 2. The highest BCUT2D eigenvalue weighted by Crippen LogP contribution is 2.13. The minimum atomic E-state index is -0.564. The van der Waals surface area contributed by atoms with E-state index >= 15 is 0 Å². The second kappa shape index (κ2) is 36.2. The Balaban J connectivity index is 3.58. The Morgan fingerprint density at radius 3 is 1.23 bits per heavy atom. The number of carbonyl (C=O) groups is 2. The van der Waals surface area contributed by atoms with E-state index < -0.39 is 6.10 Å². The van der Waals surface area contributed by atoms with E-state index in [0.717, 1.165) is 51.4 Å². The van der Waals surface area contributed by atoms with Crippen LogP contribution in [-0.4, -0.2) is 30.5 Å². The highest BCUT2D eigenvalue weighted by molar-refractivity contribution is 6.18. The summed E-state index contributed by atoms with van der Waals surface area (Å²) in [7, 11) is 0. The van der Waals surface area contributed by atoms with Crippen LogP contribution >= 0.6 is 11.6 Å². The number of allylic oxidation sites excluding steroid dienone is 4. The van der Waals surface area contributed by atoms with Gasteiger partial charge in [0.25, 0.3) is 0 Å². The lowest BCUT2D eigenvalue weighted by atomic mass is 10.1. The third kappa shape index (κ3) is 33.6. The Bertz CT molecular complexity index is 675. The van der Waals surface area contributed by atoms with Crippen molar-refractivity contribution in [1.82, 2.24) is 0 Å². The van der Waals surface area contributed by atoms with Gasteiger partial charge in [0.2, 0.25) is 0 Å². The Morgan fingerprint density at radius 1 is 0.500 bits per heavy atom. The summed E-state index contributed by atoms with van der Waals surface area (Å²) in [5.74, 6) is -0.341. The average Bonchev–Trinajstić information content (AvgIpc) is 3.02. The van der Waals surface area contributed by atoms with Crippen LogP contribution in [0.15, 0.2) is 24.3 Å². The van der Waals surface area contributed by atoms with Gasteiger partial charge in [0, 0.05) is 12.8 Å². The van der Waals surface area contributed by atoms with Crippen LogP contribution in [0.25, 0.3) is 0 Å². The predicted molar refractivity (Wildman–Crippen MR) is 190 cm³/mol. The number of halogens is 1. The lowest BCUT2D eigenvalue weighted by Crippen LogP contribution is -2.26. The van der Waals surface area contributed by atoms with E-state index in [2.05, 4.69) is 38.2 Å². The molecule has 0 radical (unpaired) electrons. The number of hydrogen-bond donors (Lipinski definition) is 0. The van der Waals surface area contributed by atoms with Gasteiger partial charge in [-0.15, -0.1) is 11.6 Å².